The molecule has 0 heterocycles. The third-order valence-electron chi connectivity index (χ3n) is 3.61. The monoisotopic (exact) mass is 386 g/mol. The molecule has 0 aliphatic heterocycles. The van der Waals surface area contributed by atoms with Crippen LogP contribution in [-0.2, 0) is 9.59 Å². The Hall–Kier alpha value is -2.40. The number of primary amides is 1. The van der Waals surface area contributed by atoms with E-state index < -0.39 is 17.9 Å². The average Bonchev–Trinajstić information content (AvgIpc) is 2.56. The van der Waals surface area contributed by atoms with Crippen LogP contribution in [0.2, 0.25) is 0 Å². The lowest BCUT2D eigenvalue weighted by atomic mass is 9.90. The molecule has 3 N–H and O–H groups in total. The lowest BCUT2D eigenvalue weighted by Gasteiger charge is -2.21. The van der Waals surface area contributed by atoms with Crippen LogP contribution in [0.25, 0.3) is 0 Å². The van der Waals surface area contributed by atoms with Crippen molar-refractivity contribution >= 4 is 27.7 Å². The van der Waals surface area contributed by atoms with Crippen molar-refractivity contribution in [2.24, 2.45) is 5.73 Å². The fourth-order valence-electron chi connectivity index (χ4n) is 2.49. The van der Waals surface area contributed by atoms with Crippen molar-refractivity contribution in [3.8, 4) is 0 Å². The summed E-state index contributed by atoms with van der Waals surface area (Å²) < 4.78 is 0.600. The van der Waals surface area contributed by atoms with Crippen LogP contribution < -0.4 is 11.1 Å². The molecule has 0 fully saturated rings. The van der Waals surface area contributed by atoms with Gasteiger partial charge in [0.15, 0.2) is 0 Å². The highest BCUT2D eigenvalue weighted by Crippen LogP contribution is 2.25. The maximum atomic E-state index is 12.9. The molecule has 0 aliphatic rings. The van der Waals surface area contributed by atoms with Gasteiger partial charge >= 0.3 is 0 Å². The quantitative estimate of drug-likeness (QED) is 0.767. The standard InChI is InChI=1S/C19H19BrN2O2/c1-13(20)12-16(18(21)23)22-19(24)17(14-8-4-2-5-9-14)15-10-6-3-7-11-15/h2-11,16-17H,1,12H2,(H2,21,23)(H,22,24)/t16-/m1/s1. The van der Waals surface area contributed by atoms with Crippen LogP contribution in [0, 0.1) is 0 Å². The number of carbonyl (C=O) groups is 2. The van der Waals surface area contributed by atoms with Gasteiger partial charge < -0.3 is 11.1 Å². The van der Waals surface area contributed by atoms with Gasteiger partial charge in [-0.3, -0.25) is 9.59 Å². The third kappa shape index (κ3) is 4.80. The molecule has 1 atom stereocenters. The SMILES string of the molecule is C=C(Br)C[C@@H](NC(=O)C(c1ccccc1)c1ccccc1)C(N)=O. The number of rotatable bonds is 7. The zero-order valence-electron chi connectivity index (χ0n) is 13.1. The zero-order chi connectivity index (χ0) is 17.5. The predicted octanol–water partition coefficient (Wildman–Crippen LogP) is 3.09. The summed E-state index contributed by atoms with van der Waals surface area (Å²) in [5.41, 5.74) is 7.09. The molecule has 2 aromatic carbocycles. The van der Waals surface area contributed by atoms with E-state index in [2.05, 4.69) is 27.8 Å². The van der Waals surface area contributed by atoms with Gasteiger partial charge in [-0.05, 0) is 15.6 Å². The van der Waals surface area contributed by atoms with E-state index in [4.69, 9.17) is 5.73 Å². The molecule has 4 nitrogen and oxygen atoms in total. The van der Waals surface area contributed by atoms with E-state index in [1.165, 1.54) is 0 Å². The highest BCUT2D eigenvalue weighted by Gasteiger charge is 2.26. The molecule has 0 aromatic heterocycles. The molecule has 0 spiro atoms. The Morgan fingerprint density at radius 1 is 1.00 bits per heavy atom. The lowest BCUT2D eigenvalue weighted by Crippen LogP contribution is -2.46. The molecule has 0 bridgehead atoms. The third-order valence-corrected chi connectivity index (χ3v) is 3.94. The Labute approximate surface area is 149 Å². The number of nitrogens with two attached hydrogens (primary N) is 1. The summed E-state index contributed by atoms with van der Waals surface area (Å²) in [6.45, 7) is 3.70. The summed E-state index contributed by atoms with van der Waals surface area (Å²) in [6, 6.07) is 18.1. The van der Waals surface area contributed by atoms with Crippen molar-refractivity contribution < 1.29 is 9.59 Å². The minimum absolute atomic E-state index is 0.247. The van der Waals surface area contributed by atoms with Crippen molar-refractivity contribution in [3.05, 3.63) is 82.9 Å². The summed E-state index contributed by atoms with van der Waals surface area (Å²) in [5.74, 6) is -1.38. The molecule has 5 heteroatoms. The molecular formula is C19H19BrN2O2. The van der Waals surface area contributed by atoms with Crippen LogP contribution in [0.15, 0.2) is 71.7 Å². The Balaban J connectivity index is 2.32. The number of nitrogens with one attached hydrogen (secondary N) is 1. The van der Waals surface area contributed by atoms with Crippen LogP contribution in [0.3, 0.4) is 0 Å². The normalized spacial score (nSPS) is 11.8. The largest absolute Gasteiger partial charge is 0.368 e. The van der Waals surface area contributed by atoms with Gasteiger partial charge in [0.25, 0.3) is 0 Å². The van der Waals surface area contributed by atoms with Gasteiger partial charge in [0, 0.05) is 6.42 Å². The van der Waals surface area contributed by atoms with Crippen LogP contribution in [0.1, 0.15) is 23.5 Å². The molecule has 2 amide bonds. The molecule has 2 rings (SSSR count). The summed E-state index contributed by atoms with van der Waals surface area (Å²) in [6.07, 6.45) is 0.247. The van der Waals surface area contributed by atoms with E-state index in [-0.39, 0.29) is 12.3 Å². The van der Waals surface area contributed by atoms with Gasteiger partial charge in [-0.2, -0.15) is 0 Å². The van der Waals surface area contributed by atoms with Crippen molar-refractivity contribution in [1.82, 2.24) is 5.32 Å². The Morgan fingerprint density at radius 3 is 1.83 bits per heavy atom. The summed E-state index contributed by atoms with van der Waals surface area (Å²) in [7, 11) is 0. The van der Waals surface area contributed by atoms with Crippen LogP contribution in [-0.4, -0.2) is 17.9 Å². The number of hydrogen-bond donors (Lipinski definition) is 2. The molecule has 0 radical (unpaired) electrons. The Bertz CT molecular complexity index is 677. The molecule has 0 saturated carbocycles. The molecule has 0 unspecified atom stereocenters. The maximum absolute atomic E-state index is 12.9. The highest BCUT2D eigenvalue weighted by molar-refractivity contribution is 9.11. The first-order valence-corrected chi connectivity index (χ1v) is 8.31. The predicted molar refractivity (Wildman–Crippen MR) is 98.5 cm³/mol. The molecular weight excluding hydrogens is 368 g/mol. The van der Waals surface area contributed by atoms with E-state index in [0.717, 1.165) is 11.1 Å². The second-order valence-corrected chi connectivity index (χ2v) is 6.56. The fourth-order valence-corrected chi connectivity index (χ4v) is 2.81. The Kier molecular flexibility index (Phi) is 6.32. The smallest absolute Gasteiger partial charge is 0.240 e. The number of carbonyl (C=O) groups excluding carboxylic acids is 2. The van der Waals surface area contributed by atoms with Crippen LogP contribution >= 0.6 is 15.9 Å². The molecule has 124 valence electrons. The zero-order valence-corrected chi connectivity index (χ0v) is 14.7. The lowest BCUT2D eigenvalue weighted by molar-refractivity contribution is -0.127. The van der Waals surface area contributed by atoms with Crippen molar-refractivity contribution in [3.63, 3.8) is 0 Å². The molecule has 0 saturated heterocycles. The topological polar surface area (TPSA) is 72.2 Å². The van der Waals surface area contributed by atoms with E-state index in [1.807, 2.05) is 60.7 Å². The van der Waals surface area contributed by atoms with Crippen LogP contribution in [0.4, 0.5) is 0 Å². The first kappa shape index (κ1) is 17.9. The van der Waals surface area contributed by atoms with Gasteiger partial charge in [-0.1, -0.05) is 83.2 Å². The van der Waals surface area contributed by atoms with E-state index in [0.29, 0.717) is 4.48 Å². The van der Waals surface area contributed by atoms with Gasteiger partial charge in [0.2, 0.25) is 11.8 Å². The number of benzene rings is 2. The summed E-state index contributed by atoms with van der Waals surface area (Å²) >= 11 is 3.21. The van der Waals surface area contributed by atoms with Gasteiger partial charge in [0.05, 0.1) is 5.92 Å². The number of amides is 2. The molecule has 24 heavy (non-hydrogen) atoms. The average molecular weight is 387 g/mol. The van der Waals surface area contributed by atoms with Crippen molar-refractivity contribution in [1.29, 1.82) is 0 Å². The minimum atomic E-state index is -0.806. The summed E-state index contributed by atoms with van der Waals surface area (Å²) in [5, 5.41) is 2.74. The second kappa shape index (κ2) is 8.45. The van der Waals surface area contributed by atoms with Gasteiger partial charge in [-0.25, -0.2) is 0 Å². The van der Waals surface area contributed by atoms with Crippen molar-refractivity contribution in [2.75, 3.05) is 0 Å². The Morgan fingerprint density at radius 2 is 1.46 bits per heavy atom. The first-order valence-electron chi connectivity index (χ1n) is 7.52. The van der Waals surface area contributed by atoms with Crippen LogP contribution in [0.5, 0.6) is 0 Å². The number of halogens is 1. The van der Waals surface area contributed by atoms with E-state index in [1.54, 1.807) is 0 Å². The number of hydrogen-bond acceptors (Lipinski definition) is 2. The van der Waals surface area contributed by atoms with Gasteiger partial charge in [0.1, 0.15) is 6.04 Å². The second-order valence-electron chi connectivity index (χ2n) is 5.44. The fraction of sp³-hybridized carbons (Fsp3) is 0.158. The minimum Gasteiger partial charge on any atom is -0.368 e. The first-order chi connectivity index (χ1) is 11.5. The highest BCUT2D eigenvalue weighted by atomic mass is 79.9. The van der Waals surface area contributed by atoms with E-state index in [9.17, 15) is 9.59 Å². The maximum Gasteiger partial charge on any atom is 0.240 e. The van der Waals surface area contributed by atoms with Gasteiger partial charge in [-0.15, -0.1) is 0 Å². The van der Waals surface area contributed by atoms with Crippen molar-refractivity contribution in [2.45, 2.75) is 18.4 Å². The molecule has 2 aromatic rings. The summed E-state index contributed by atoms with van der Waals surface area (Å²) in [4.78, 5) is 24.5. The van der Waals surface area contributed by atoms with E-state index >= 15 is 0 Å². The molecule has 0 aliphatic carbocycles.